The number of methoxy groups -OCH3 is 1. The molecular formula is C20H22BrNO5. The van der Waals surface area contributed by atoms with E-state index in [4.69, 9.17) is 18.9 Å². The van der Waals surface area contributed by atoms with Crippen LogP contribution in [0.4, 0.5) is 4.79 Å². The maximum Gasteiger partial charge on any atom is 0.410 e. The number of hydrogen-bond donors (Lipinski definition) is 0. The van der Waals surface area contributed by atoms with E-state index in [1.165, 1.54) is 11.1 Å². The summed E-state index contributed by atoms with van der Waals surface area (Å²) in [6.45, 7) is 2.96. The molecule has 2 aliphatic carbocycles. The number of fused-ring (bicyclic) bond motifs is 2. The average Bonchev–Trinajstić information content (AvgIpc) is 3.34. The van der Waals surface area contributed by atoms with Crippen molar-refractivity contribution in [3.05, 3.63) is 21.7 Å². The molecule has 0 radical (unpaired) electrons. The Morgan fingerprint density at radius 2 is 2.33 bits per heavy atom. The minimum absolute atomic E-state index is 0.0188. The van der Waals surface area contributed by atoms with E-state index < -0.39 is 0 Å². The van der Waals surface area contributed by atoms with E-state index >= 15 is 0 Å². The average molecular weight is 436 g/mol. The molecule has 144 valence electrons. The molecule has 0 aromatic heterocycles. The predicted octanol–water partition coefficient (Wildman–Crippen LogP) is 3.03. The summed E-state index contributed by atoms with van der Waals surface area (Å²) in [5.41, 5.74) is 2.46. The predicted molar refractivity (Wildman–Crippen MR) is 99.4 cm³/mol. The lowest BCUT2D eigenvalue weighted by Gasteiger charge is -2.56. The summed E-state index contributed by atoms with van der Waals surface area (Å²) < 4.78 is 24.6. The molecule has 7 heteroatoms. The Morgan fingerprint density at radius 3 is 3.11 bits per heavy atom. The Hall–Kier alpha value is -1.47. The Balaban J connectivity index is 1.55. The van der Waals surface area contributed by atoms with Gasteiger partial charge in [0.1, 0.15) is 12.2 Å². The van der Waals surface area contributed by atoms with E-state index in [1.807, 2.05) is 17.9 Å². The van der Waals surface area contributed by atoms with E-state index in [0.717, 1.165) is 35.2 Å². The molecule has 1 spiro atoms. The second-order valence-electron chi connectivity index (χ2n) is 8.22. The SMILES string of the molecule is CCOC(=O)N1CC[C@]23c4c5c(Br)cc(OC)c4O[C@H]2[C@H]2O[C@H]2C[C@H]3[C@@H]1C5. The molecule has 3 aliphatic heterocycles. The smallest absolute Gasteiger partial charge is 0.410 e. The van der Waals surface area contributed by atoms with Crippen LogP contribution >= 0.6 is 15.9 Å². The summed E-state index contributed by atoms with van der Waals surface area (Å²) in [7, 11) is 1.69. The van der Waals surface area contributed by atoms with Crippen molar-refractivity contribution in [1.82, 2.24) is 4.90 Å². The molecule has 6 nitrogen and oxygen atoms in total. The van der Waals surface area contributed by atoms with Gasteiger partial charge in [0.2, 0.25) is 0 Å². The summed E-state index contributed by atoms with van der Waals surface area (Å²) in [6.07, 6.45) is 2.92. The summed E-state index contributed by atoms with van der Waals surface area (Å²) in [6, 6.07) is 2.12. The number of halogens is 1. The standard InChI is InChI=1S/C20H22BrNO5/c1-3-25-19(23)22-5-4-20-10-7-14-17(26-14)18(20)27-16-13(24-2)8-11(21)9(15(16)20)6-12(10)22/h8,10,12,14,17-18H,3-7H2,1-2H3/t10-,12-,14-,17-,18-,20-/m0/s1. The van der Waals surface area contributed by atoms with Crippen molar-refractivity contribution >= 4 is 22.0 Å². The summed E-state index contributed by atoms with van der Waals surface area (Å²) in [5, 5.41) is 0. The molecule has 6 atom stereocenters. The van der Waals surface area contributed by atoms with Crippen molar-refractivity contribution in [2.45, 2.75) is 56.0 Å². The van der Waals surface area contributed by atoms with Crippen LogP contribution in [0.1, 0.15) is 30.9 Å². The van der Waals surface area contributed by atoms with Crippen LogP contribution in [0.25, 0.3) is 0 Å². The fraction of sp³-hybridized carbons (Fsp3) is 0.650. The van der Waals surface area contributed by atoms with Crippen molar-refractivity contribution in [1.29, 1.82) is 0 Å². The molecule has 3 heterocycles. The molecule has 27 heavy (non-hydrogen) atoms. The second kappa shape index (κ2) is 5.32. The quantitative estimate of drug-likeness (QED) is 0.668. The third-order valence-electron chi connectivity index (χ3n) is 7.35. The van der Waals surface area contributed by atoms with E-state index in [1.54, 1.807) is 7.11 Å². The highest BCUT2D eigenvalue weighted by Gasteiger charge is 2.72. The van der Waals surface area contributed by atoms with Gasteiger partial charge >= 0.3 is 6.09 Å². The highest BCUT2D eigenvalue weighted by molar-refractivity contribution is 9.10. The molecular weight excluding hydrogens is 414 g/mol. The van der Waals surface area contributed by atoms with Crippen LogP contribution in [-0.4, -0.2) is 55.6 Å². The first-order valence-corrected chi connectivity index (χ1v) is 10.5. The van der Waals surface area contributed by atoms with Crippen molar-refractivity contribution < 1.29 is 23.7 Å². The highest BCUT2D eigenvalue weighted by atomic mass is 79.9. The van der Waals surface area contributed by atoms with Crippen LogP contribution in [0.3, 0.4) is 0 Å². The molecule has 0 N–H and O–H groups in total. The number of amides is 1. The van der Waals surface area contributed by atoms with Gasteiger partial charge in [0, 0.05) is 28.0 Å². The first-order valence-electron chi connectivity index (χ1n) is 9.75. The molecule has 5 aliphatic rings. The molecule has 1 saturated carbocycles. The minimum atomic E-state index is -0.194. The maximum absolute atomic E-state index is 12.7. The number of ether oxygens (including phenoxy) is 4. The first-order chi connectivity index (χ1) is 13.1. The highest BCUT2D eigenvalue weighted by Crippen LogP contribution is 2.67. The number of nitrogens with zero attached hydrogens (tertiary/aromatic N) is 1. The summed E-state index contributed by atoms with van der Waals surface area (Å²) >= 11 is 3.76. The zero-order chi connectivity index (χ0) is 18.5. The Kier molecular flexibility index (Phi) is 3.25. The van der Waals surface area contributed by atoms with E-state index in [2.05, 4.69) is 15.9 Å². The number of piperidine rings is 1. The van der Waals surface area contributed by atoms with Gasteiger partial charge in [0.15, 0.2) is 11.5 Å². The van der Waals surface area contributed by atoms with E-state index in [9.17, 15) is 4.79 Å². The van der Waals surface area contributed by atoms with Crippen LogP contribution < -0.4 is 9.47 Å². The number of rotatable bonds is 2. The molecule has 2 saturated heterocycles. The van der Waals surface area contributed by atoms with Gasteiger partial charge in [0.05, 0.1) is 19.8 Å². The third kappa shape index (κ3) is 1.87. The van der Waals surface area contributed by atoms with Gasteiger partial charge in [-0.25, -0.2) is 4.79 Å². The van der Waals surface area contributed by atoms with Crippen molar-refractivity contribution in [2.75, 3.05) is 20.3 Å². The Labute approximate surface area is 166 Å². The van der Waals surface area contributed by atoms with Crippen LogP contribution in [0, 0.1) is 5.92 Å². The first kappa shape index (κ1) is 16.5. The van der Waals surface area contributed by atoms with Crippen molar-refractivity contribution in [3.63, 3.8) is 0 Å². The molecule has 2 bridgehead atoms. The zero-order valence-electron chi connectivity index (χ0n) is 15.4. The van der Waals surface area contributed by atoms with Crippen LogP contribution in [0.15, 0.2) is 10.5 Å². The topological polar surface area (TPSA) is 60.5 Å². The van der Waals surface area contributed by atoms with Gasteiger partial charge in [-0.1, -0.05) is 15.9 Å². The van der Waals surface area contributed by atoms with Crippen LogP contribution in [0.5, 0.6) is 11.5 Å². The summed E-state index contributed by atoms with van der Waals surface area (Å²) in [5.74, 6) is 2.01. The van der Waals surface area contributed by atoms with Gasteiger partial charge in [0.25, 0.3) is 0 Å². The number of likely N-dealkylation sites (tertiary alicyclic amines) is 1. The van der Waals surface area contributed by atoms with Gasteiger partial charge < -0.3 is 23.8 Å². The lowest BCUT2D eigenvalue weighted by atomic mass is 9.52. The normalized spacial score (nSPS) is 39.2. The van der Waals surface area contributed by atoms with Gasteiger partial charge in [-0.15, -0.1) is 0 Å². The van der Waals surface area contributed by atoms with Gasteiger partial charge in [-0.05, 0) is 43.7 Å². The lowest BCUT2D eigenvalue weighted by molar-refractivity contribution is -0.0389. The molecule has 6 rings (SSSR count). The van der Waals surface area contributed by atoms with Crippen molar-refractivity contribution in [3.8, 4) is 11.5 Å². The second-order valence-corrected chi connectivity index (χ2v) is 9.07. The van der Waals surface area contributed by atoms with Crippen LogP contribution in [-0.2, 0) is 21.3 Å². The lowest BCUT2D eigenvalue weighted by Crippen LogP contribution is -2.66. The van der Waals surface area contributed by atoms with Crippen LogP contribution in [0.2, 0.25) is 0 Å². The minimum Gasteiger partial charge on any atom is -0.493 e. The number of benzene rings is 1. The number of hydrogen-bond acceptors (Lipinski definition) is 5. The Morgan fingerprint density at radius 1 is 1.48 bits per heavy atom. The van der Waals surface area contributed by atoms with E-state index in [0.29, 0.717) is 19.1 Å². The fourth-order valence-corrected chi connectivity index (χ4v) is 6.92. The van der Waals surface area contributed by atoms with Gasteiger partial charge in [-0.2, -0.15) is 0 Å². The largest absolute Gasteiger partial charge is 0.493 e. The third-order valence-corrected chi connectivity index (χ3v) is 8.06. The molecule has 1 amide bonds. The Bertz CT molecular complexity index is 859. The number of carbonyl (C=O) groups excluding carboxylic acids is 1. The zero-order valence-corrected chi connectivity index (χ0v) is 17.0. The van der Waals surface area contributed by atoms with Crippen molar-refractivity contribution in [2.24, 2.45) is 5.92 Å². The molecule has 0 unspecified atom stereocenters. The van der Waals surface area contributed by atoms with E-state index in [-0.39, 0.29) is 35.9 Å². The summed E-state index contributed by atoms with van der Waals surface area (Å²) in [4.78, 5) is 14.6. The maximum atomic E-state index is 12.7. The fourth-order valence-electron chi connectivity index (χ4n) is 6.35. The number of carbonyl (C=O) groups is 1. The molecule has 1 aromatic carbocycles. The van der Waals surface area contributed by atoms with Gasteiger partial charge in [-0.3, -0.25) is 0 Å². The number of epoxide rings is 1. The molecule has 3 fully saturated rings. The monoisotopic (exact) mass is 435 g/mol. The molecule has 1 aromatic rings.